The number of aromatic nitrogens is 6. The first-order valence-electron chi connectivity index (χ1n) is 7.18. The lowest BCUT2D eigenvalue weighted by Gasteiger charge is -2.19. The van der Waals surface area contributed by atoms with Crippen molar-refractivity contribution >= 4 is 11.5 Å². The van der Waals surface area contributed by atoms with Gasteiger partial charge in [-0.25, -0.2) is 0 Å². The van der Waals surface area contributed by atoms with E-state index in [4.69, 9.17) is 0 Å². The number of hydrogen-bond donors (Lipinski definition) is 1. The minimum Gasteiger partial charge on any atom is -0.356 e. The van der Waals surface area contributed by atoms with E-state index in [0.29, 0.717) is 11.5 Å². The summed E-state index contributed by atoms with van der Waals surface area (Å²) >= 11 is 0. The van der Waals surface area contributed by atoms with Crippen LogP contribution in [0.2, 0.25) is 0 Å². The standard InChI is InChI=1S/C16H13N7/c1-2-6-12(7-3-1)16(13-8-4-5-11-17-13)18-14-9-10-15-19-21-22-23(15)20-14/h1-11,16H,(H,18,20). The molecule has 0 aliphatic heterocycles. The highest BCUT2D eigenvalue weighted by Crippen LogP contribution is 2.24. The molecular weight excluding hydrogens is 290 g/mol. The summed E-state index contributed by atoms with van der Waals surface area (Å²) in [6, 6.07) is 19.5. The van der Waals surface area contributed by atoms with Crippen molar-refractivity contribution in [1.29, 1.82) is 0 Å². The van der Waals surface area contributed by atoms with Gasteiger partial charge in [-0.05, 0) is 40.3 Å². The van der Waals surface area contributed by atoms with Crippen LogP contribution in [0.1, 0.15) is 17.3 Å². The number of hydrogen-bond acceptors (Lipinski definition) is 6. The third-order valence-corrected chi connectivity index (χ3v) is 3.48. The van der Waals surface area contributed by atoms with E-state index in [0.717, 1.165) is 11.3 Å². The molecule has 3 aromatic heterocycles. The van der Waals surface area contributed by atoms with Crippen LogP contribution < -0.4 is 5.32 Å². The predicted octanol–water partition coefficient (Wildman–Crippen LogP) is 2.12. The number of anilines is 1. The van der Waals surface area contributed by atoms with Gasteiger partial charge in [-0.15, -0.1) is 14.8 Å². The Hall–Kier alpha value is -3.35. The molecular formula is C16H13N7. The molecule has 0 saturated heterocycles. The summed E-state index contributed by atoms with van der Waals surface area (Å²) in [4.78, 5) is 4.47. The molecule has 0 radical (unpaired) electrons. The van der Waals surface area contributed by atoms with Crippen LogP contribution in [-0.4, -0.2) is 30.2 Å². The maximum absolute atomic E-state index is 4.47. The third-order valence-electron chi connectivity index (χ3n) is 3.48. The first-order valence-corrected chi connectivity index (χ1v) is 7.18. The van der Waals surface area contributed by atoms with Crippen molar-refractivity contribution in [3.05, 3.63) is 78.1 Å². The summed E-state index contributed by atoms with van der Waals surface area (Å²) in [7, 11) is 0. The van der Waals surface area contributed by atoms with Gasteiger partial charge in [-0.2, -0.15) is 0 Å². The summed E-state index contributed by atoms with van der Waals surface area (Å²) in [5.41, 5.74) is 2.62. The Morgan fingerprint density at radius 1 is 0.913 bits per heavy atom. The zero-order valence-electron chi connectivity index (χ0n) is 12.1. The van der Waals surface area contributed by atoms with Crippen LogP contribution in [0.3, 0.4) is 0 Å². The molecule has 23 heavy (non-hydrogen) atoms. The van der Waals surface area contributed by atoms with Crippen molar-refractivity contribution in [3.63, 3.8) is 0 Å². The predicted molar refractivity (Wildman–Crippen MR) is 84.7 cm³/mol. The molecule has 4 rings (SSSR count). The number of pyridine rings is 1. The fourth-order valence-electron chi connectivity index (χ4n) is 2.39. The molecule has 1 atom stereocenters. The second kappa shape index (κ2) is 5.80. The van der Waals surface area contributed by atoms with E-state index in [1.807, 2.05) is 48.5 Å². The van der Waals surface area contributed by atoms with Gasteiger partial charge in [-0.1, -0.05) is 36.4 Å². The van der Waals surface area contributed by atoms with Gasteiger partial charge in [0.2, 0.25) is 0 Å². The average Bonchev–Trinajstić information content (AvgIpc) is 3.09. The van der Waals surface area contributed by atoms with E-state index >= 15 is 0 Å². The van der Waals surface area contributed by atoms with Crippen molar-refractivity contribution in [2.45, 2.75) is 6.04 Å². The summed E-state index contributed by atoms with van der Waals surface area (Å²) in [6.45, 7) is 0. The fourth-order valence-corrected chi connectivity index (χ4v) is 2.39. The highest BCUT2D eigenvalue weighted by Gasteiger charge is 2.16. The van der Waals surface area contributed by atoms with E-state index < -0.39 is 0 Å². The van der Waals surface area contributed by atoms with Crippen molar-refractivity contribution in [2.75, 3.05) is 5.32 Å². The molecule has 0 aliphatic carbocycles. The largest absolute Gasteiger partial charge is 0.356 e. The number of rotatable bonds is 4. The highest BCUT2D eigenvalue weighted by atomic mass is 15.6. The second-order valence-electron chi connectivity index (χ2n) is 4.99. The third kappa shape index (κ3) is 2.71. The molecule has 0 spiro atoms. The zero-order chi connectivity index (χ0) is 15.5. The molecule has 0 bridgehead atoms. The topological polar surface area (TPSA) is 80.9 Å². The first kappa shape index (κ1) is 13.3. The smallest absolute Gasteiger partial charge is 0.200 e. The molecule has 1 unspecified atom stereocenters. The van der Waals surface area contributed by atoms with Gasteiger partial charge in [-0.3, -0.25) is 4.98 Å². The lowest BCUT2D eigenvalue weighted by Crippen LogP contribution is -2.15. The lowest BCUT2D eigenvalue weighted by atomic mass is 10.0. The van der Waals surface area contributed by atoms with E-state index in [1.54, 1.807) is 6.20 Å². The first-order chi connectivity index (χ1) is 11.4. The number of nitrogens with one attached hydrogen (secondary N) is 1. The average molecular weight is 303 g/mol. The summed E-state index contributed by atoms with van der Waals surface area (Å²) in [6.07, 6.45) is 1.78. The Bertz CT molecular complexity index is 866. The summed E-state index contributed by atoms with van der Waals surface area (Å²) in [5, 5.41) is 19.0. The van der Waals surface area contributed by atoms with Crippen LogP contribution in [0.5, 0.6) is 0 Å². The summed E-state index contributed by atoms with van der Waals surface area (Å²) < 4.78 is 1.39. The second-order valence-corrected chi connectivity index (χ2v) is 4.99. The minimum absolute atomic E-state index is 0.112. The normalized spacial score (nSPS) is 12.2. The SMILES string of the molecule is c1ccc(C(Nc2ccc3nnnn3n2)c2ccccn2)cc1. The van der Waals surface area contributed by atoms with Gasteiger partial charge in [0.25, 0.3) is 0 Å². The van der Waals surface area contributed by atoms with Crippen molar-refractivity contribution in [3.8, 4) is 0 Å². The Kier molecular flexibility index (Phi) is 3.36. The van der Waals surface area contributed by atoms with Gasteiger partial charge in [0.05, 0.1) is 11.7 Å². The van der Waals surface area contributed by atoms with Crippen LogP contribution in [0.15, 0.2) is 66.9 Å². The van der Waals surface area contributed by atoms with Crippen LogP contribution >= 0.6 is 0 Å². The maximum atomic E-state index is 4.47. The molecule has 0 aliphatic rings. The van der Waals surface area contributed by atoms with E-state index in [1.165, 1.54) is 4.63 Å². The molecule has 112 valence electrons. The number of fused-ring (bicyclic) bond motifs is 1. The fraction of sp³-hybridized carbons (Fsp3) is 0.0625. The molecule has 7 nitrogen and oxygen atoms in total. The quantitative estimate of drug-likeness (QED) is 0.622. The van der Waals surface area contributed by atoms with Gasteiger partial charge in [0, 0.05) is 6.20 Å². The Morgan fingerprint density at radius 2 is 1.78 bits per heavy atom. The Labute approximate surface area is 132 Å². The van der Waals surface area contributed by atoms with E-state index in [-0.39, 0.29) is 6.04 Å². The van der Waals surface area contributed by atoms with Crippen molar-refractivity contribution < 1.29 is 0 Å². The molecule has 0 fully saturated rings. The Balaban J connectivity index is 1.73. The molecule has 1 aromatic carbocycles. The van der Waals surface area contributed by atoms with Crippen molar-refractivity contribution in [2.24, 2.45) is 0 Å². The number of nitrogens with zero attached hydrogens (tertiary/aromatic N) is 6. The number of tetrazole rings is 1. The zero-order valence-corrected chi connectivity index (χ0v) is 12.1. The van der Waals surface area contributed by atoms with Crippen LogP contribution in [0, 0.1) is 0 Å². The van der Waals surface area contributed by atoms with E-state index in [9.17, 15) is 0 Å². The van der Waals surface area contributed by atoms with Crippen LogP contribution in [-0.2, 0) is 0 Å². The van der Waals surface area contributed by atoms with Crippen LogP contribution in [0.4, 0.5) is 5.82 Å². The van der Waals surface area contributed by atoms with Gasteiger partial charge in [0.1, 0.15) is 5.82 Å². The minimum atomic E-state index is -0.112. The van der Waals surface area contributed by atoms with Crippen LogP contribution in [0.25, 0.3) is 5.65 Å². The van der Waals surface area contributed by atoms with Crippen molar-refractivity contribution in [1.82, 2.24) is 30.2 Å². The van der Waals surface area contributed by atoms with Gasteiger partial charge >= 0.3 is 0 Å². The Morgan fingerprint density at radius 3 is 2.61 bits per heavy atom. The molecule has 0 saturated carbocycles. The molecule has 3 heterocycles. The molecule has 7 heteroatoms. The molecule has 4 aromatic rings. The lowest BCUT2D eigenvalue weighted by molar-refractivity contribution is 0.729. The number of benzene rings is 1. The maximum Gasteiger partial charge on any atom is 0.200 e. The highest BCUT2D eigenvalue weighted by molar-refractivity contribution is 5.46. The summed E-state index contributed by atoms with van der Waals surface area (Å²) in [5.74, 6) is 0.671. The monoisotopic (exact) mass is 303 g/mol. The molecule has 1 N–H and O–H groups in total. The van der Waals surface area contributed by atoms with Gasteiger partial charge < -0.3 is 5.32 Å². The van der Waals surface area contributed by atoms with E-state index in [2.05, 4.69) is 43.1 Å². The van der Waals surface area contributed by atoms with Gasteiger partial charge in [0.15, 0.2) is 5.65 Å². The molecule has 0 amide bonds.